The van der Waals surface area contributed by atoms with Crippen LogP contribution in [0.1, 0.15) is 58.8 Å². The van der Waals surface area contributed by atoms with Gasteiger partial charge in [-0.05, 0) is 60.0 Å². The normalized spacial score (nSPS) is 12.5. The lowest BCUT2D eigenvalue weighted by Crippen LogP contribution is -2.54. The third-order valence-corrected chi connectivity index (χ3v) is 4.31. The van der Waals surface area contributed by atoms with Gasteiger partial charge in [0.15, 0.2) is 0 Å². The van der Waals surface area contributed by atoms with Crippen molar-refractivity contribution in [3.8, 4) is 0 Å². The number of carbonyl (C=O) groups is 2. The fourth-order valence-corrected chi connectivity index (χ4v) is 1.99. The van der Waals surface area contributed by atoms with Crippen LogP contribution < -0.4 is 5.46 Å². The zero-order chi connectivity index (χ0) is 21.2. The lowest BCUT2D eigenvalue weighted by molar-refractivity contribution is -0.0982. The highest BCUT2D eigenvalue weighted by Crippen LogP contribution is 2.25. The number of carbonyl (C=O) groups excluding carboxylic acids is 2. The van der Waals surface area contributed by atoms with Gasteiger partial charge in [-0.1, -0.05) is 18.2 Å². The smallest absolute Gasteiger partial charge is 0.443 e. The first-order valence-corrected chi connectivity index (χ1v) is 8.75. The Bertz CT molecular complexity index is 690. The van der Waals surface area contributed by atoms with Crippen molar-refractivity contribution in [3.05, 3.63) is 29.8 Å². The maximum atomic E-state index is 12.8. The minimum Gasteiger partial charge on any atom is -0.443 e. The van der Waals surface area contributed by atoms with Gasteiger partial charge in [-0.15, -0.1) is 0 Å². The average Bonchev–Trinajstić information content (AvgIpc) is 2.50. The standard InChI is InChI=1S/C19H30BNO6/c1-17(2,3)26-16(23)21(8)15(22)13-11-9-10-12-14(13)20(25)27-19(6,7)18(4,5)24/h9-12,24-25H,1-8H3. The Morgan fingerprint density at radius 1 is 1.04 bits per heavy atom. The van der Waals surface area contributed by atoms with Crippen molar-refractivity contribution < 1.29 is 29.1 Å². The van der Waals surface area contributed by atoms with Crippen LogP contribution in [0, 0.1) is 0 Å². The number of ether oxygens (including phenoxy) is 1. The molecule has 0 fully saturated rings. The molecule has 1 aromatic rings. The number of rotatable bonds is 5. The van der Waals surface area contributed by atoms with Gasteiger partial charge in [0.25, 0.3) is 5.91 Å². The summed E-state index contributed by atoms with van der Waals surface area (Å²) in [5, 5.41) is 20.8. The van der Waals surface area contributed by atoms with Crippen LogP contribution in [0.4, 0.5) is 4.79 Å². The summed E-state index contributed by atoms with van der Waals surface area (Å²) < 4.78 is 10.8. The Hall–Kier alpha value is -1.90. The molecule has 0 aliphatic carbocycles. The first kappa shape index (κ1) is 23.1. The quantitative estimate of drug-likeness (QED) is 0.760. The Morgan fingerprint density at radius 2 is 1.56 bits per heavy atom. The Balaban J connectivity index is 3.12. The second-order valence-corrected chi connectivity index (χ2v) is 8.47. The molecule has 1 aromatic carbocycles. The molecule has 27 heavy (non-hydrogen) atoms. The highest BCUT2D eigenvalue weighted by molar-refractivity contribution is 6.61. The van der Waals surface area contributed by atoms with Crippen LogP contribution in [0.5, 0.6) is 0 Å². The highest BCUT2D eigenvalue weighted by Gasteiger charge is 2.40. The maximum Gasteiger partial charge on any atom is 0.492 e. The van der Waals surface area contributed by atoms with Gasteiger partial charge in [-0.2, -0.15) is 0 Å². The van der Waals surface area contributed by atoms with E-state index in [9.17, 15) is 19.7 Å². The molecule has 1 rings (SSSR count). The van der Waals surface area contributed by atoms with Crippen molar-refractivity contribution >= 4 is 24.6 Å². The summed E-state index contributed by atoms with van der Waals surface area (Å²) in [7, 11) is -0.167. The monoisotopic (exact) mass is 379 g/mol. The van der Waals surface area contributed by atoms with Gasteiger partial charge in [0, 0.05) is 12.6 Å². The topological polar surface area (TPSA) is 96.3 Å². The lowest BCUT2D eigenvalue weighted by atomic mass is 9.74. The SMILES string of the molecule is CN(C(=O)OC(C)(C)C)C(=O)c1ccccc1B(O)OC(C)(C)C(C)(C)O. The fourth-order valence-electron chi connectivity index (χ4n) is 1.99. The fraction of sp³-hybridized carbons (Fsp3) is 0.579. The summed E-state index contributed by atoms with van der Waals surface area (Å²) in [6, 6.07) is 6.28. The molecular formula is C19H30BNO6. The van der Waals surface area contributed by atoms with Crippen molar-refractivity contribution in [2.75, 3.05) is 7.05 Å². The zero-order valence-corrected chi connectivity index (χ0v) is 17.4. The van der Waals surface area contributed by atoms with Gasteiger partial charge in [0.2, 0.25) is 0 Å². The molecule has 0 aromatic heterocycles. The van der Waals surface area contributed by atoms with E-state index in [2.05, 4.69) is 0 Å². The van der Waals surface area contributed by atoms with Crippen molar-refractivity contribution in [2.45, 2.75) is 65.3 Å². The Morgan fingerprint density at radius 3 is 2.04 bits per heavy atom. The third-order valence-electron chi connectivity index (χ3n) is 4.31. The van der Waals surface area contributed by atoms with Gasteiger partial charge < -0.3 is 19.5 Å². The summed E-state index contributed by atoms with van der Waals surface area (Å²) in [6.07, 6.45) is -0.797. The molecule has 0 bridgehead atoms. The zero-order valence-electron chi connectivity index (χ0n) is 17.4. The number of aliphatic hydroxyl groups is 1. The minimum absolute atomic E-state index is 0.102. The van der Waals surface area contributed by atoms with Gasteiger partial charge >= 0.3 is 13.2 Å². The van der Waals surface area contributed by atoms with Crippen molar-refractivity contribution in [3.63, 3.8) is 0 Å². The average molecular weight is 379 g/mol. The number of imide groups is 1. The van der Waals surface area contributed by atoms with E-state index in [-0.39, 0.29) is 11.0 Å². The first-order chi connectivity index (χ1) is 12.1. The molecule has 0 unspecified atom stereocenters. The Kier molecular flexibility index (Phi) is 6.86. The molecule has 0 heterocycles. The largest absolute Gasteiger partial charge is 0.492 e. The minimum atomic E-state index is -1.47. The molecule has 0 atom stereocenters. The molecule has 7 nitrogen and oxygen atoms in total. The van der Waals surface area contributed by atoms with E-state index in [0.717, 1.165) is 4.90 Å². The number of benzene rings is 1. The van der Waals surface area contributed by atoms with Crippen LogP contribution in [0.2, 0.25) is 0 Å². The highest BCUT2D eigenvalue weighted by atomic mass is 16.6. The van der Waals surface area contributed by atoms with Gasteiger partial charge in [0.05, 0.1) is 11.2 Å². The van der Waals surface area contributed by atoms with E-state index >= 15 is 0 Å². The van der Waals surface area contributed by atoms with E-state index < -0.39 is 35.9 Å². The predicted octanol–water partition coefficient (Wildman–Crippen LogP) is 1.95. The maximum absolute atomic E-state index is 12.8. The van der Waals surface area contributed by atoms with Crippen LogP contribution in [0.25, 0.3) is 0 Å². The number of hydrogen-bond acceptors (Lipinski definition) is 6. The second kappa shape index (κ2) is 8.00. The molecule has 150 valence electrons. The molecule has 0 radical (unpaired) electrons. The summed E-state index contributed by atoms with van der Waals surface area (Å²) in [6.45, 7) is 11.5. The lowest BCUT2D eigenvalue weighted by Gasteiger charge is -2.38. The molecule has 0 spiro atoms. The first-order valence-electron chi connectivity index (χ1n) is 8.75. The molecule has 0 aliphatic heterocycles. The molecule has 0 saturated heterocycles. The summed E-state index contributed by atoms with van der Waals surface area (Å²) in [5.41, 5.74) is -2.79. The van der Waals surface area contributed by atoms with Gasteiger partial charge in [-0.25, -0.2) is 9.69 Å². The van der Waals surface area contributed by atoms with Crippen LogP contribution in [0.15, 0.2) is 24.3 Å². The van der Waals surface area contributed by atoms with Crippen LogP contribution in [-0.4, -0.2) is 58.0 Å². The van der Waals surface area contributed by atoms with Crippen LogP contribution in [0.3, 0.4) is 0 Å². The molecule has 2 N–H and O–H groups in total. The number of hydrogen-bond donors (Lipinski definition) is 2. The molecule has 0 saturated carbocycles. The molecule has 0 aliphatic rings. The number of nitrogens with zero attached hydrogens (tertiary/aromatic N) is 1. The summed E-state index contributed by atoms with van der Waals surface area (Å²) in [4.78, 5) is 25.8. The Labute approximate surface area is 161 Å². The predicted molar refractivity (Wildman–Crippen MR) is 104 cm³/mol. The van der Waals surface area contributed by atoms with E-state index in [1.165, 1.54) is 19.2 Å². The van der Waals surface area contributed by atoms with Crippen LogP contribution >= 0.6 is 0 Å². The van der Waals surface area contributed by atoms with Crippen molar-refractivity contribution in [1.29, 1.82) is 0 Å². The van der Waals surface area contributed by atoms with Crippen molar-refractivity contribution in [2.24, 2.45) is 0 Å². The van der Waals surface area contributed by atoms with Gasteiger partial charge in [0.1, 0.15) is 5.60 Å². The van der Waals surface area contributed by atoms with Crippen molar-refractivity contribution in [1.82, 2.24) is 4.90 Å². The molecular weight excluding hydrogens is 349 g/mol. The van der Waals surface area contributed by atoms with Crippen LogP contribution in [-0.2, 0) is 9.39 Å². The third kappa shape index (κ3) is 6.05. The van der Waals surface area contributed by atoms with E-state index in [0.29, 0.717) is 0 Å². The molecule has 2 amide bonds. The van der Waals surface area contributed by atoms with Gasteiger partial charge in [-0.3, -0.25) is 4.79 Å². The summed E-state index contributed by atoms with van der Waals surface area (Å²) in [5.74, 6) is -0.636. The molecule has 8 heteroatoms. The van der Waals surface area contributed by atoms with E-state index in [4.69, 9.17) is 9.39 Å². The summed E-state index contributed by atoms with van der Waals surface area (Å²) >= 11 is 0. The number of amides is 2. The van der Waals surface area contributed by atoms with E-state index in [1.807, 2.05) is 0 Å². The van der Waals surface area contributed by atoms with E-state index in [1.54, 1.807) is 60.6 Å². The second-order valence-electron chi connectivity index (χ2n) is 8.47.